The van der Waals surface area contributed by atoms with Crippen LogP contribution in [0, 0.1) is 0 Å². The van der Waals surface area contributed by atoms with Gasteiger partial charge < -0.3 is 10.4 Å². The molecule has 1 heterocycles. The third-order valence-corrected chi connectivity index (χ3v) is 3.81. The zero-order valence-electron chi connectivity index (χ0n) is 10.2. The van der Waals surface area contributed by atoms with Gasteiger partial charge in [0.1, 0.15) is 5.75 Å². The number of phenolic OH excluding ortho intramolecular Hbond substituents is 1. The first-order chi connectivity index (χ1) is 7.70. The molecule has 1 aromatic carbocycles. The van der Waals surface area contributed by atoms with Crippen molar-refractivity contribution < 1.29 is 5.11 Å². The fourth-order valence-electron chi connectivity index (χ4n) is 2.14. The van der Waals surface area contributed by atoms with Crippen molar-refractivity contribution in [3.8, 4) is 5.75 Å². The van der Waals surface area contributed by atoms with Crippen LogP contribution in [0.25, 0.3) is 0 Å². The number of benzene rings is 1. The number of hydrogen-bond donors (Lipinski definition) is 2. The molecule has 0 radical (unpaired) electrons. The number of halogens is 3. The van der Waals surface area contributed by atoms with Crippen molar-refractivity contribution in [2.45, 2.75) is 13.0 Å². The summed E-state index contributed by atoms with van der Waals surface area (Å²) in [6.45, 7) is 6.27. The Bertz CT molecular complexity index is 373. The van der Waals surface area contributed by atoms with E-state index in [9.17, 15) is 5.11 Å². The average Bonchev–Trinajstić information content (AvgIpc) is 2.33. The summed E-state index contributed by atoms with van der Waals surface area (Å²) in [5.41, 5.74) is 0.997. The monoisotopic (exact) mass is 356 g/mol. The molecule has 0 aliphatic carbocycles. The Labute approximate surface area is 129 Å². The second kappa shape index (κ2) is 8.23. The van der Waals surface area contributed by atoms with Gasteiger partial charge in [-0.3, -0.25) is 4.90 Å². The van der Waals surface area contributed by atoms with E-state index in [0.29, 0.717) is 5.75 Å². The van der Waals surface area contributed by atoms with Crippen LogP contribution in [0.4, 0.5) is 0 Å². The molecule has 2 N–H and O–H groups in total. The summed E-state index contributed by atoms with van der Waals surface area (Å²) in [5.74, 6) is 0.369. The Morgan fingerprint density at radius 1 is 1.28 bits per heavy atom. The standard InChI is InChI=1S/C12H17BrN2O.2ClH/c1-9(15-7-5-14-6-8-15)10-3-2-4-11(13)12(10)16;;/h2-4,9,14,16H,5-8H2,1H3;2*1H/t9-;;/m1../s1. The largest absolute Gasteiger partial charge is 0.506 e. The van der Waals surface area contributed by atoms with Gasteiger partial charge in [-0.25, -0.2) is 0 Å². The number of hydrogen-bond acceptors (Lipinski definition) is 3. The lowest BCUT2D eigenvalue weighted by molar-refractivity contribution is 0.183. The number of para-hydroxylation sites is 1. The fourth-order valence-corrected chi connectivity index (χ4v) is 2.52. The van der Waals surface area contributed by atoms with Gasteiger partial charge >= 0.3 is 0 Å². The van der Waals surface area contributed by atoms with Gasteiger partial charge in [0.25, 0.3) is 0 Å². The van der Waals surface area contributed by atoms with Crippen molar-refractivity contribution in [2.75, 3.05) is 26.2 Å². The van der Waals surface area contributed by atoms with Crippen molar-refractivity contribution in [2.24, 2.45) is 0 Å². The molecule has 18 heavy (non-hydrogen) atoms. The molecule has 0 amide bonds. The lowest BCUT2D eigenvalue weighted by Gasteiger charge is -2.33. The van der Waals surface area contributed by atoms with Crippen LogP contribution in [0.3, 0.4) is 0 Å². The molecule has 2 rings (SSSR count). The number of rotatable bonds is 2. The van der Waals surface area contributed by atoms with Gasteiger partial charge in [-0.15, -0.1) is 24.8 Å². The Balaban J connectivity index is 0.00000144. The third-order valence-electron chi connectivity index (χ3n) is 3.17. The van der Waals surface area contributed by atoms with Crippen LogP contribution in [-0.4, -0.2) is 36.2 Å². The van der Waals surface area contributed by atoms with E-state index in [0.717, 1.165) is 36.2 Å². The highest BCUT2D eigenvalue weighted by Crippen LogP contribution is 2.34. The van der Waals surface area contributed by atoms with E-state index < -0.39 is 0 Å². The number of aromatic hydroxyl groups is 1. The van der Waals surface area contributed by atoms with Crippen LogP contribution in [0.15, 0.2) is 22.7 Å². The minimum absolute atomic E-state index is 0. The first kappa shape index (κ1) is 18.0. The molecular formula is C12H19BrCl2N2O. The lowest BCUT2D eigenvalue weighted by atomic mass is 10.1. The first-order valence-electron chi connectivity index (χ1n) is 5.62. The molecule has 6 heteroatoms. The van der Waals surface area contributed by atoms with Crippen LogP contribution in [0.2, 0.25) is 0 Å². The predicted octanol–water partition coefficient (Wildman–Crippen LogP) is 2.96. The number of nitrogens with zero attached hydrogens (tertiary/aromatic N) is 1. The van der Waals surface area contributed by atoms with Crippen molar-refractivity contribution in [3.63, 3.8) is 0 Å². The summed E-state index contributed by atoms with van der Waals surface area (Å²) in [7, 11) is 0. The zero-order valence-corrected chi connectivity index (χ0v) is 13.4. The maximum atomic E-state index is 10.0. The van der Waals surface area contributed by atoms with Gasteiger partial charge in [0, 0.05) is 37.8 Å². The SMILES string of the molecule is C[C@H](c1cccc(Br)c1O)N1CCNCC1.Cl.Cl. The van der Waals surface area contributed by atoms with Crippen molar-refractivity contribution in [1.82, 2.24) is 10.2 Å². The van der Waals surface area contributed by atoms with Crippen molar-refractivity contribution in [1.29, 1.82) is 0 Å². The molecule has 1 atom stereocenters. The smallest absolute Gasteiger partial charge is 0.134 e. The minimum atomic E-state index is 0. The lowest BCUT2D eigenvalue weighted by Crippen LogP contribution is -2.44. The molecule has 0 spiro atoms. The molecule has 104 valence electrons. The Kier molecular flexibility index (Phi) is 8.23. The van der Waals surface area contributed by atoms with Gasteiger partial charge in [0.05, 0.1) is 4.47 Å². The summed E-state index contributed by atoms with van der Waals surface area (Å²) in [4.78, 5) is 2.39. The first-order valence-corrected chi connectivity index (χ1v) is 6.41. The molecule has 0 saturated carbocycles. The van der Waals surface area contributed by atoms with Gasteiger partial charge in [0.15, 0.2) is 0 Å². The average molecular weight is 358 g/mol. The van der Waals surface area contributed by atoms with E-state index in [-0.39, 0.29) is 30.9 Å². The molecular weight excluding hydrogens is 339 g/mol. The molecule has 0 bridgehead atoms. The van der Waals surface area contributed by atoms with E-state index in [1.807, 2.05) is 18.2 Å². The summed E-state index contributed by atoms with van der Waals surface area (Å²) in [6, 6.07) is 6.09. The molecule has 1 aliphatic rings. The zero-order chi connectivity index (χ0) is 11.5. The highest BCUT2D eigenvalue weighted by atomic mass is 79.9. The molecule has 1 aliphatic heterocycles. The van der Waals surface area contributed by atoms with Gasteiger partial charge in [0.2, 0.25) is 0 Å². The molecule has 1 aromatic rings. The molecule has 0 aromatic heterocycles. The number of phenols is 1. The molecule has 1 saturated heterocycles. The Hall–Kier alpha value is -0.000000000000000111. The quantitative estimate of drug-likeness (QED) is 0.854. The Morgan fingerprint density at radius 2 is 1.89 bits per heavy atom. The van der Waals surface area contributed by atoms with E-state index in [1.54, 1.807) is 0 Å². The topological polar surface area (TPSA) is 35.5 Å². The predicted molar refractivity (Wildman–Crippen MR) is 83.2 cm³/mol. The van der Waals surface area contributed by atoms with Crippen LogP contribution in [0.1, 0.15) is 18.5 Å². The highest BCUT2D eigenvalue weighted by molar-refractivity contribution is 9.10. The van der Waals surface area contributed by atoms with Crippen molar-refractivity contribution in [3.05, 3.63) is 28.2 Å². The summed E-state index contributed by atoms with van der Waals surface area (Å²) < 4.78 is 0.770. The Morgan fingerprint density at radius 3 is 2.50 bits per heavy atom. The fraction of sp³-hybridized carbons (Fsp3) is 0.500. The van der Waals surface area contributed by atoms with Crippen LogP contribution in [0.5, 0.6) is 5.75 Å². The third kappa shape index (κ3) is 4.00. The van der Waals surface area contributed by atoms with Crippen LogP contribution >= 0.6 is 40.7 Å². The summed E-state index contributed by atoms with van der Waals surface area (Å²) in [6.07, 6.45) is 0. The van der Waals surface area contributed by atoms with Crippen LogP contribution < -0.4 is 5.32 Å². The summed E-state index contributed by atoms with van der Waals surface area (Å²) >= 11 is 3.36. The van der Waals surface area contributed by atoms with E-state index in [1.165, 1.54) is 0 Å². The van der Waals surface area contributed by atoms with Crippen molar-refractivity contribution >= 4 is 40.7 Å². The molecule has 3 nitrogen and oxygen atoms in total. The maximum Gasteiger partial charge on any atom is 0.134 e. The van der Waals surface area contributed by atoms with E-state index in [4.69, 9.17) is 0 Å². The van der Waals surface area contributed by atoms with Gasteiger partial charge in [-0.2, -0.15) is 0 Å². The second-order valence-corrected chi connectivity index (χ2v) is 4.99. The molecule has 1 fully saturated rings. The van der Waals surface area contributed by atoms with E-state index >= 15 is 0 Å². The number of piperazine rings is 1. The highest BCUT2D eigenvalue weighted by Gasteiger charge is 2.20. The molecule has 0 unspecified atom stereocenters. The van der Waals surface area contributed by atoms with Gasteiger partial charge in [-0.05, 0) is 28.9 Å². The van der Waals surface area contributed by atoms with Crippen LogP contribution in [-0.2, 0) is 0 Å². The maximum absolute atomic E-state index is 10.0. The number of nitrogens with one attached hydrogen (secondary N) is 1. The van der Waals surface area contributed by atoms with Gasteiger partial charge in [-0.1, -0.05) is 12.1 Å². The van der Waals surface area contributed by atoms with E-state index in [2.05, 4.69) is 33.1 Å². The minimum Gasteiger partial charge on any atom is -0.506 e. The normalized spacial score (nSPS) is 17.4. The summed E-state index contributed by atoms with van der Waals surface area (Å²) in [5, 5.41) is 13.3. The second-order valence-electron chi connectivity index (χ2n) is 4.14.